The molecule has 1 heterocycles. The van der Waals surface area contributed by atoms with Crippen molar-refractivity contribution >= 4 is 5.69 Å². The molecule has 2 N–H and O–H groups in total. The summed E-state index contributed by atoms with van der Waals surface area (Å²) in [6, 6.07) is 6.75. The summed E-state index contributed by atoms with van der Waals surface area (Å²) in [6.07, 6.45) is 2.04. The van der Waals surface area contributed by atoms with E-state index in [-0.39, 0.29) is 5.60 Å². The number of nitrogens with zero attached hydrogens (tertiary/aromatic N) is 1. The molecule has 1 aliphatic rings. The summed E-state index contributed by atoms with van der Waals surface area (Å²) >= 11 is 0. The SMILES string of the molecule is CCC1(CC)CN(C(C)CN)c2cc(C)ccc2O1. The maximum Gasteiger partial charge on any atom is 0.143 e. The molecule has 1 atom stereocenters. The van der Waals surface area contributed by atoms with Gasteiger partial charge in [-0.1, -0.05) is 19.9 Å². The summed E-state index contributed by atoms with van der Waals surface area (Å²) in [6.45, 7) is 10.3. The lowest BCUT2D eigenvalue weighted by Crippen LogP contribution is -2.54. The fourth-order valence-electron chi connectivity index (χ4n) is 2.74. The van der Waals surface area contributed by atoms with E-state index in [2.05, 4.69) is 50.8 Å². The van der Waals surface area contributed by atoms with Gasteiger partial charge in [-0.15, -0.1) is 0 Å². The zero-order valence-electron chi connectivity index (χ0n) is 12.6. The molecule has 0 fully saturated rings. The summed E-state index contributed by atoms with van der Waals surface area (Å²) in [5.41, 5.74) is 8.26. The van der Waals surface area contributed by atoms with Crippen molar-refractivity contribution in [3.63, 3.8) is 0 Å². The summed E-state index contributed by atoms with van der Waals surface area (Å²) in [5, 5.41) is 0. The molecule has 1 aromatic rings. The Labute approximate surface area is 116 Å². The topological polar surface area (TPSA) is 38.5 Å². The Morgan fingerprint density at radius 1 is 1.37 bits per heavy atom. The number of fused-ring (bicyclic) bond motifs is 1. The maximum atomic E-state index is 6.32. The smallest absolute Gasteiger partial charge is 0.143 e. The Morgan fingerprint density at radius 2 is 2.05 bits per heavy atom. The third-order valence-electron chi connectivity index (χ3n) is 4.37. The molecule has 19 heavy (non-hydrogen) atoms. The number of hydrogen-bond acceptors (Lipinski definition) is 3. The van der Waals surface area contributed by atoms with Crippen LogP contribution in [0.5, 0.6) is 5.75 Å². The lowest BCUT2D eigenvalue weighted by atomic mass is 9.93. The molecule has 0 amide bonds. The summed E-state index contributed by atoms with van der Waals surface area (Å²) in [7, 11) is 0. The monoisotopic (exact) mass is 262 g/mol. The molecule has 0 saturated carbocycles. The van der Waals surface area contributed by atoms with Crippen molar-refractivity contribution in [2.45, 2.75) is 52.2 Å². The fourth-order valence-corrected chi connectivity index (χ4v) is 2.74. The molecule has 1 unspecified atom stereocenters. The Balaban J connectivity index is 2.45. The van der Waals surface area contributed by atoms with E-state index in [9.17, 15) is 0 Å². The predicted molar refractivity (Wildman–Crippen MR) is 81.0 cm³/mol. The van der Waals surface area contributed by atoms with E-state index in [1.165, 1.54) is 11.3 Å². The normalized spacial score (nSPS) is 18.7. The summed E-state index contributed by atoms with van der Waals surface area (Å²) in [4.78, 5) is 2.42. The number of anilines is 1. The van der Waals surface area contributed by atoms with Gasteiger partial charge in [-0.2, -0.15) is 0 Å². The molecular weight excluding hydrogens is 236 g/mol. The molecule has 2 rings (SSSR count). The minimum Gasteiger partial charge on any atom is -0.483 e. The van der Waals surface area contributed by atoms with E-state index in [4.69, 9.17) is 10.5 Å². The first kappa shape index (κ1) is 14.2. The van der Waals surface area contributed by atoms with Crippen LogP contribution in [0.3, 0.4) is 0 Å². The number of nitrogens with two attached hydrogens (primary N) is 1. The van der Waals surface area contributed by atoms with E-state index >= 15 is 0 Å². The quantitative estimate of drug-likeness (QED) is 0.906. The molecular formula is C16H26N2O. The van der Waals surface area contributed by atoms with Crippen molar-refractivity contribution in [3.05, 3.63) is 23.8 Å². The summed E-state index contributed by atoms with van der Waals surface area (Å²) < 4.78 is 6.32. The van der Waals surface area contributed by atoms with Crippen molar-refractivity contribution < 1.29 is 4.74 Å². The van der Waals surface area contributed by atoms with E-state index in [1.807, 2.05) is 0 Å². The van der Waals surface area contributed by atoms with Crippen LogP contribution in [0.4, 0.5) is 5.69 Å². The van der Waals surface area contributed by atoms with Gasteiger partial charge in [0.25, 0.3) is 0 Å². The third kappa shape index (κ3) is 2.57. The zero-order chi connectivity index (χ0) is 14.0. The first-order valence-corrected chi connectivity index (χ1v) is 7.31. The second-order valence-electron chi connectivity index (χ2n) is 5.68. The van der Waals surface area contributed by atoms with Crippen molar-refractivity contribution in [2.24, 2.45) is 5.73 Å². The van der Waals surface area contributed by atoms with Crippen LogP contribution in [0.15, 0.2) is 18.2 Å². The van der Waals surface area contributed by atoms with Crippen LogP contribution in [0.2, 0.25) is 0 Å². The lowest BCUT2D eigenvalue weighted by molar-refractivity contribution is 0.0554. The van der Waals surface area contributed by atoms with Crippen molar-refractivity contribution in [2.75, 3.05) is 18.0 Å². The molecule has 0 spiro atoms. The molecule has 0 saturated heterocycles. The minimum atomic E-state index is -0.0777. The van der Waals surface area contributed by atoms with Crippen LogP contribution in [-0.4, -0.2) is 24.7 Å². The van der Waals surface area contributed by atoms with Gasteiger partial charge in [0, 0.05) is 12.6 Å². The van der Waals surface area contributed by atoms with Crippen LogP contribution in [0, 0.1) is 6.92 Å². The van der Waals surface area contributed by atoms with Crippen molar-refractivity contribution in [1.29, 1.82) is 0 Å². The van der Waals surface area contributed by atoms with Crippen LogP contribution in [0.1, 0.15) is 39.2 Å². The average Bonchev–Trinajstić information content (AvgIpc) is 2.45. The second kappa shape index (κ2) is 5.41. The molecule has 0 aromatic heterocycles. The number of benzene rings is 1. The van der Waals surface area contributed by atoms with Crippen LogP contribution >= 0.6 is 0 Å². The van der Waals surface area contributed by atoms with Gasteiger partial charge in [0.2, 0.25) is 0 Å². The van der Waals surface area contributed by atoms with E-state index < -0.39 is 0 Å². The van der Waals surface area contributed by atoms with Gasteiger partial charge in [0.15, 0.2) is 0 Å². The van der Waals surface area contributed by atoms with Gasteiger partial charge < -0.3 is 15.4 Å². The van der Waals surface area contributed by atoms with Gasteiger partial charge in [-0.3, -0.25) is 0 Å². The summed E-state index contributed by atoms with van der Waals surface area (Å²) in [5.74, 6) is 1.00. The molecule has 0 aliphatic carbocycles. The van der Waals surface area contributed by atoms with Gasteiger partial charge in [0.1, 0.15) is 11.4 Å². The van der Waals surface area contributed by atoms with Crippen LogP contribution in [0.25, 0.3) is 0 Å². The first-order chi connectivity index (χ1) is 9.05. The maximum absolute atomic E-state index is 6.32. The molecule has 106 valence electrons. The molecule has 0 radical (unpaired) electrons. The lowest BCUT2D eigenvalue weighted by Gasteiger charge is -2.46. The molecule has 1 aliphatic heterocycles. The molecule has 3 heteroatoms. The molecule has 3 nitrogen and oxygen atoms in total. The highest BCUT2D eigenvalue weighted by atomic mass is 16.5. The minimum absolute atomic E-state index is 0.0777. The van der Waals surface area contributed by atoms with Crippen molar-refractivity contribution in [3.8, 4) is 5.75 Å². The predicted octanol–water partition coefficient (Wildman–Crippen LogP) is 3.10. The second-order valence-corrected chi connectivity index (χ2v) is 5.68. The highest BCUT2D eigenvalue weighted by Gasteiger charge is 2.38. The zero-order valence-corrected chi connectivity index (χ0v) is 12.6. The third-order valence-corrected chi connectivity index (χ3v) is 4.37. The molecule has 0 bridgehead atoms. The van der Waals surface area contributed by atoms with E-state index in [0.29, 0.717) is 12.6 Å². The van der Waals surface area contributed by atoms with Crippen molar-refractivity contribution in [1.82, 2.24) is 0 Å². The van der Waals surface area contributed by atoms with Gasteiger partial charge in [-0.25, -0.2) is 0 Å². The highest BCUT2D eigenvalue weighted by Crippen LogP contribution is 2.41. The number of aryl methyl sites for hydroxylation is 1. The van der Waals surface area contributed by atoms with Crippen LogP contribution < -0.4 is 15.4 Å². The Bertz CT molecular complexity index is 440. The van der Waals surface area contributed by atoms with E-state index in [1.54, 1.807) is 0 Å². The largest absolute Gasteiger partial charge is 0.483 e. The average molecular weight is 262 g/mol. The van der Waals surface area contributed by atoms with Gasteiger partial charge in [0.05, 0.1) is 12.2 Å². The number of ether oxygens (including phenoxy) is 1. The van der Waals surface area contributed by atoms with E-state index in [0.717, 1.165) is 25.1 Å². The molecule has 1 aromatic carbocycles. The van der Waals surface area contributed by atoms with Gasteiger partial charge in [-0.05, 0) is 44.4 Å². The fraction of sp³-hybridized carbons (Fsp3) is 0.625. The van der Waals surface area contributed by atoms with Crippen LogP contribution in [-0.2, 0) is 0 Å². The Hall–Kier alpha value is -1.22. The number of hydrogen-bond donors (Lipinski definition) is 1. The Morgan fingerprint density at radius 3 is 2.63 bits per heavy atom. The Kier molecular flexibility index (Phi) is 4.04. The standard InChI is InChI=1S/C16H26N2O/c1-5-16(6-2)11-18(13(4)10-17)14-9-12(3)7-8-15(14)19-16/h7-9,13H,5-6,10-11,17H2,1-4H3. The van der Waals surface area contributed by atoms with Gasteiger partial charge >= 0.3 is 0 Å². The first-order valence-electron chi connectivity index (χ1n) is 7.31. The highest BCUT2D eigenvalue weighted by molar-refractivity contribution is 5.62. The number of rotatable bonds is 4.